The van der Waals surface area contributed by atoms with Gasteiger partial charge in [0.1, 0.15) is 5.01 Å². The van der Waals surface area contributed by atoms with Crippen LogP contribution in [0.3, 0.4) is 0 Å². The molecule has 2 N–H and O–H groups in total. The molecule has 1 saturated carbocycles. The quantitative estimate of drug-likeness (QED) is 0.898. The van der Waals surface area contributed by atoms with Crippen LogP contribution in [-0.2, 0) is 0 Å². The number of anilines is 1. The molecule has 3 heterocycles. The highest BCUT2D eigenvalue weighted by Crippen LogP contribution is 2.43. The predicted octanol–water partition coefficient (Wildman–Crippen LogP) is 0.772. The van der Waals surface area contributed by atoms with Crippen molar-refractivity contribution >= 4 is 22.4 Å². The highest BCUT2D eigenvalue weighted by Gasteiger charge is 2.33. The molecule has 2 aliphatic rings. The van der Waals surface area contributed by atoms with Gasteiger partial charge >= 0.3 is 0 Å². The molecule has 0 unspecified atom stereocenters. The van der Waals surface area contributed by atoms with Crippen LogP contribution in [0.15, 0.2) is 12.4 Å². The maximum Gasteiger partial charge on any atom is 0.251 e. The Bertz CT molecular complexity index is 654. The Hall–Kier alpha value is -1.96. The molecule has 0 spiro atoms. The van der Waals surface area contributed by atoms with E-state index in [4.69, 9.17) is 5.73 Å². The molecule has 104 valence electrons. The number of aromatic nitrogens is 4. The van der Waals surface area contributed by atoms with Gasteiger partial charge < -0.3 is 10.6 Å². The number of primary amides is 1. The van der Waals surface area contributed by atoms with E-state index in [1.165, 1.54) is 24.0 Å². The number of amides is 1. The SMILES string of the molecule is NC(=O)c1cnn(C2CN(c3nnc(C4CC4)s3)C2)c1. The summed E-state index contributed by atoms with van der Waals surface area (Å²) < 4.78 is 1.80. The van der Waals surface area contributed by atoms with Crippen molar-refractivity contribution < 1.29 is 4.79 Å². The van der Waals surface area contributed by atoms with E-state index in [9.17, 15) is 4.79 Å². The van der Waals surface area contributed by atoms with Gasteiger partial charge in [0.2, 0.25) is 5.13 Å². The third-order valence-corrected chi connectivity index (χ3v) is 4.90. The molecule has 2 aromatic heterocycles. The molecule has 0 atom stereocenters. The van der Waals surface area contributed by atoms with Gasteiger partial charge in [0.05, 0.1) is 17.8 Å². The zero-order chi connectivity index (χ0) is 13.7. The number of carbonyl (C=O) groups excluding carboxylic acids is 1. The summed E-state index contributed by atoms with van der Waals surface area (Å²) in [4.78, 5) is 13.2. The summed E-state index contributed by atoms with van der Waals surface area (Å²) in [6.07, 6.45) is 5.72. The van der Waals surface area contributed by atoms with Gasteiger partial charge in [0.25, 0.3) is 5.91 Å². The number of nitrogens with zero attached hydrogens (tertiary/aromatic N) is 5. The van der Waals surface area contributed by atoms with Crippen LogP contribution >= 0.6 is 11.3 Å². The molecule has 20 heavy (non-hydrogen) atoms. The van der Waals surface area contributed by atoms with Crippen LogP contribution in [0.5, 0.6) is 0 Å². The average molecular weight is 290 g/mol. The van der Waals surface area contributed by atoms with E-state index in [1.54, 1.807) is 22.2 Å². The first kappa shape index (κ1) is 11.8. The minimum atomic E-state index is -0.439. The van der Waals surface area contributed by atoms with E-state index in [0.29, 0.717) is 11.5 Å². The minimum Gasteiger partial charge on any atom is -0.366 e. The van der Waals surface area contributed by atoms with Crippen molar-refractivity contribution in [3.05, 3.63) is 23.0 Å². The zero-order valence-corrected chi connectivity index (χ0v) is 11.6. The maximum absolute atomic E-state index is 11.0. The normalized spacial score (nSPS) is 19.1. The van der Waals surface area contributed by atoms with Gasteiger partial charge in [0, 0.05) is 25.2 Å². The first-order chi connectivity index (χ1) is 9.70. The van der Waals surface area contributed by atoms with Gasteiger partial charge in [-0.1, -0.05) is 11.3 Å². The van der Waals surface area contributed by atoms with Crippen molar-refractivity contribution in [1.82, 2.24) is 20.0 Å². The van der Waals surface area contributed by atoms with Crippen molar-refractivity contribution in [2.75, 3.05) is 18.0 Å². The number of rotatable bonds is 4. The molecule has 0 aromatic carbocycles. The Morgan fingerprint density at radius 1 is 1.35 bits per heavy atom. The summed E-state index contributed by atoms with van der Waals surface area (Å²) >= 11 is 1.69. The van der Waals surface area contributed by atoms with Crippen molar-refractivity contribution in [2.45, 2.75) is 24.8 Å². The molecule has 1 saturated heterocycles. The number of carbonyl (C=O) groups is 1. The van der Waals surface area contributed by atoms with E-state index in [-0.39, 0.29) is 6.04 Å². The van der Waals surface area contributed by atoms with Gasteiger partial charge in [-0.3, -0.25) is 9.48 Å². The average Bonchev–Trinajstić information content (AvgIpc) is 2.91. The molecule has 1 aliphatic carbocycles. The lowest BCUT2D eigenvalue weighted by atomic mass is 10.1. The zero-order valence-electron chi connectivity index (χ0n) is 10.8. The molecule has 7 nitrogen and oxygen atoms in total. The van der Waals surface area contributed by atoms with E-state index in [0.717, 1.165) is 18.2 Å². The second-order valence-electron chi connectivity index (χ2n) is 5.33. The van der Waals surface area contributed by atoms with Gasteiger partial charge in [0.15, 0.2) is 0 Å². The Kier molecular flexibility index (Phi) is 2.53. The second kappa shape index (κ2) is 4.27. The van der Waals surface area contributed by atoms with Crippen LogP contribution in [-0.4, -0.2) is 39.0 Å². The van der Waals surface area contributed by atoms with Gasteiger partial charge in [-0.2, -0.15) is 5.10 Å². The van der Waals surface area contributed by atoms with Crippen molar-refractivity contribution in [3.63, 3.8) is 0 Å². The molecule has 2 aromatic rings. The van der Waals surface area contributed by atoms with Crippen LogP contribution in [0.4, 0.5) is 5.13 Å². The maximum atomic E-state index is 11.0. The Morgan fingerprint density at radius 2 is 2.15 bits per heavy atom. The molecule has 0 radical (unpaired) electrons. The fraction of sp³-hybridized carbons (Fsp3) is 0.500. The highest BCUT2D eigenvalue weighted by molar-refractivity contribution is 7.15. The molecular weight excluding hydrogens is 276 g/mol. The van der Waals surface area contributed by atoms with E-state index >= 15 is 0 Å². The summed E-state index contributed by atoms with van der Waals surface area (Å²) in [6, 6.07) is 0.274. The summed E-state index contributed by atoms with van der Waals surface area (Å²) in [7, 11) is 0. The van der Waals surface area contributed by atoms with Gasteiger partial charge in [-0.15, -0.1) is 10.2 Å². The topological polar surface area (TPSA) is 89.9 Å². The third kappa shape index (κ3) is 1.96. The second-order valence-corrected chi connectivity index (χ2v) is 6.32. The van der Waals surface area contributed by atoms with Crippen LogP contribution in [0.2, 0.25) is 0 Å². The lowest BCUT2D eigenvalue weighted by Gasteiger charge is -2.38. The van der Waals surface area contributed by atoms with Crippen LogP contribution < -0.4 is 10.6 Å². The lowest BCUT2D eigenvalue weighted by Crippen LogP contribution is -2.48. The summed E-state index contributed by atoms with van der Waals surface area (Å²) in [5.41, 5.74) is 5.68. The number of hydrogen-bond donors (Lipinski definition) is 1. The Morgan fingerprint density at radius 3 is 2.80 bits per heavy atom. The number of hydrogen-bond acceptors (Lipinski definition) is 6. The van der Waals surface area contributed by atoms with Crippen molar-refractivity contribution in [1.29, 1.82) is 0 Å². The molecular formula is C12H14N6OS. The smallest absolute Gasteiger partial charge is 0.251 e. The van der Waals surface area contributed by atoms with Gasteiger partial charge in [-0.05, 0) is 12.8 Å². The number of nitrogens with two attached hydrogens (primary N) is 1. The highest BCUT2D eigenvalue weighted by atomic mass is 32.1. The monoisotopic (exact) mass is 290 g/mol. The van der Waals surface area contributed by atoms with E-state index in [1.807, 2.05) is 0 Å². The third-order valence-electron chi connectivity index (χ3n) is 3.75. The summed E-state index contributed by atoms with van der Waals surface area (Å²) in [6.45, 7) is 1.69. The van der Waals surface area contributed by atoms with Crippen LogP contribution in [0, 0.1) is 0 Å². The first-order valence-electron chi connectivity index (χ1n) is 6.63. The molecule has 1 aliphatic heterocycles. The Balaban J connectivity index is 1.41. The van der Waals surface area contributed by atoms with Gasteiger partial charge in [-0.25, -0.2) is 0 Å². The largest absolute Gasteiger partial charge is 0.366 e. The van der Waals surface area contributed by atoms with Crippen LogP contribution in [0.1, 0.15) is 40.2 Å². The summed E-state index contributed by atoms with van der Waals surface area (Å²) in [5, 5.41) is 14.8. The van der Waals surface area contributed by atoms with E-state index < -0.39 is 5.91 Å². The molecule has 0 bridgehead atoms. The first-order valence-corrected chi connectivity index (χ1v) is 7.44. The van der Waals surface area contributed by atoms with Crippen LogP contribution in [0.25, 0.3) is 0 Å². The fourth-order valence-corrected chi connectivity index (χ4v) is 3.32. The van der Waals surface area contributed by atoms with E-state index in [2.05, 4.69) is 20.2 Å². The van der Waals surface area contributed by atoms with Crippen molar-refractivity contribution in [3.8, 4) is 0 Å². The standard InChI is InChI=1S/C12H14N6OS/c13-10(19)8-3-14-18(4-8)9-5-17(6-9)12-16-15-11(20-12)7-1-2-7/h3-4,7,9H,1-2,5-6H2,(H2,13,19). The summed E-state index contributed by atoms with van der Waals surface area (Å²) in [5.74, 6) is 0.216. The minimum absolute atomic E-state index is 0.274. The molecule has 1 amide bonds. The lowest BCUT2D eigenvalue weighted by molar-refractivity contribution is 0.1000. The Labute approximate surface area is 119 Å². The predicted molar refractivity (Wildman–Crippen MR) is 73.9 cm³/mol. The molecule has 8 heteroatoms. The fourth-order valence-electron chi connectivity index (χ4n) is 2.29. The molecule has 4 rings (SSSR count). The molecule has 2 fully saturated rings. The van der Waals surface area contributed by atoms with Crippen molar-refractivity contribution in [2.24, 2.45) is 5.73 Å².